The van der Waals surface area contributed by atoms with Gasteiger partial charge in [-0.05, 0) is 30.7 Å². The van der Waals surface area contributed by atoms with Crippen molar-refractivity contribution in [1.29, 1.82) is 0 Å². The number of aryl methyl sites for hydroxylation is 1. The Hall–Kier alpha value is -3.15. The minimum atomic E-state index is -1.05. The lowest BCUT2D eigenvalue weighted by molar-refractivity contribution is -0.107. The molecule has 1 amide bonds. The molecule has 2 aromatic carbocycles. The molecule has 6 nitrogen and oxygen atoms in total. The highest BCUT2D eigenvalue weighted by atomic mass is 16.4. The van der Waals surface area contributed by atoms with Crippen molar-refractivity contribution in [2.45, 2.75) is 6.92 Å². The Labute approximate surface area is 127 Å². The van der Waals surface area contributed by atoms with Crippen molar-refractivity contribution >= 4 is 23.9 Å². The maximum absolute atomic E-state index is 11.3. The first-order chi connectivity index (χ1) is 10.5. The average Bonchev–Trinajstić information content (AvgIpc) is 2.53. The van der Waals surface area contributed by atoms with E-state index in [2.05, 4.69) is 5.10 Å². The molecular formula is C16H15N3O3. The quantitative estimate of drug-likeness (QED) is 0.382. The third-order valence-electron chi connectivity index (χ3n) is 3.08. The number of hydrogen-bond acceptors (Lipinski definition) is 3. The number of anilines is 1. The third-order valence-corrected chi connectivity index (χ3v) is 3.08. The van der Waals surface area contributed by atoms with Crippen LogP contribution in [0.2, 0.25) is 0 Å². The van der Waals surface area contributed by atoms with Gasteiger partial charge in [-0.1, -0.05) is 30.3 Å². The number of hydrazone groups is 1. The molecule has 2 rings (SSSR count). The molecular weight excluding hydrogens is 282 g/mol. The number of hydrogen-bond donors (Lipinski definition) is 2. The monoisotopic (exact) mass is 297 g/mol. The fourth-order valence-electron chi connectivity index (χ4n) is 1.94. The number of carboxylic acid groups (broad SMARTS) is 1. The van der Waals surface area contributed by atoms with Crippen molar-refractivity contribution in [2.75, 3.05) is 5.01 Å². The average molecular weight is 297 g/mol. The zero-order valence-corrected chi connectivity index (χ0v) is 11.9. The van der Waals surface area contributed by atoms with Crippen molar-refractivity contribution in [2.24, 2.45) is 10.8 Å². The lowest BCUT2D eigenvalue weighted by Crippen LogP contribution is -2.23. The van der Waals surface area contributed by atoms with Crippen molar-refractivity contribution < 1.29 is 14.7 Å². The molecule has 0 spiro atoms. The predicted molar refractivity (Wildman–Crippen MR) is 83.8 cm³/mol. The predicted octanol–water partition coefficient (Wildman–Crippen LogP) is 1.98. The maximum Gasteiger partial charge on any atom is 0.335 e. The number of carbonyl (C=O) groups is 2. The second-order valence-electron chi connectivity index (χ2n) is 4.61. The molecule has 0 aliphatic heterocycles. The Bertz CT molecular complexity index is 741. The number of amidine groups is 1. The molecule has 0 atom stereocenters. The first-order valence-corrected chi connectivity index (χ1v) is 6.51. The zero-order valence-electron chi connectivity index (χ0n) is 11.9. The van der Waals surface area contributed by atoms with E-state index in [1.807, 2.05) is 19.1 Å². The molecule has 6 heteroatoms. The first kappa shape index (κ1) is 15.2. The van der Waals surface area contributed by atoms with Gasteiger partial charge < -0.3 is 10.8 Å². The smallest absolute Gasteiger partial charge is 0.335 e. The minimum absolute atomic E-state index is 0.0541. The number of carboxylic acids is 1. The van der Waals surface area contributed by atoms with E-state index in [-0.39, 0.29) is 11.4 Å². The van der Waals surface area contributed by atoms with Gasteiger partial charge in [-0.3, -0.25) is 4.79 Å². The molecule has 22 heavy (non-hydrogen) atoms. The number of aromatic carboxylic acids is 1. The Balaban J connectivity index is 2.38. The van der Waals surface area contributed by atoms with Crippen LogP contribution >= 0.6 is 0 Å². The molecule has 0 saturated heterocycles. The van der Waals surface area contributed by atoms with E-state index in [0.29, 0.717) is 17.7 Å². The van der Waals surface area contributed by atoms with E-state index in [1.165, 1.54) is 12.1 Å². The van der Waals surface area contributed by atoms with Crippen LogP contribution in [0.4, 0.5) is 5.69 Å². The second-order valence-corrected chi connectivity index (χ2v) is 4.61. The van der Waals surface area contributed by atoms with Gasteiger partial charge in [0, 0.05) is 5.56 Å². The van der Waals surface area contributed by atoms with E-state index >= 15 is 0 Å². The molecule has 2 aromatic rings. The number of nitrogens with two attached hydrogens (primary N) is 1. The molecule has 0 fully saturated rings. The van der Waals surface area contributed by atoms with Gasteiger partial charge in [-0.25, -0.2) is 9.80 Å². The van der Waals surface area contributed by atoms with Gasteiger partial charge in [0.2, 0.25) is 6.41 Å². The molecule has 0 aromatic heterocycles. The van der Waals surface area contributed by atoms with Crippen LogP contribution in [0.25, 0.3) is 0 Å². The molecule has 0 radical (unpaired) electrons. The summed E-state index contributed by atoms with van der Waals surface area (Å²) in [6, 6.07) is 13.3. The van der Waals surface area contributed by atoms with E-state index in [1.54, 1.807) is 24.3 Å². The maximum atomic E-state index is 11.3. The number of rotatable bonds is 5. The first-order valence-electron chi connectivity index (χ1n) is 6.51. The van der Waals surface area contributed by atoms with Crippen LogP contribution in [-0.4, -0.2) is 23.3 Å². The van der Waals surface area contributed by atoms with Gasteiger partial charge in [0.05, 0.1) is 11.3 Å². The van der Waals surface area contributed by atoms with Crippen LogP contribution in [0, 0.1) is 6.92 Å². The number of carbonyl (C=O) groups excluding carboxylic acids is 1. The lowest BCUT2D eigenvalue weighted by atomic mass is 10.1. The molecule has 0 bridgehead atoms. The van der Waals surface area contributed by atoms with Gasteiger partial charge >= 0.3 is 5.97 Å². The summed E-state index contributed by atoms with van der Waals surface area (Å²) in [5.41, 5.74) is 7.89. The molecule has 0 unspecified atom stereocenters. The highest BCUT2D eigenvalue weighted by Crippen LogP contribution is 2.18. The molecule has 3 N–H and O–H groups in total. The lowest BCUT2D eigenvalue weighted by Gasteiger charge is -2.15. The van der Waals surface area contributed by atoms with Gasteiger partial charge in [-0.2, -0.15) is 0 Å². The topological polar surface area (TPSA) is 96.0 Å². The van der Waals surface area contributed by atoms with Gasteiger partial charge in [0.1, 0.15) is 0 Å². The largest absolute Gasteiger partial charge is 0.478 e. The Kier molecular flexibility index (Phi) is 4.53. The Morgan fingerprint density at radius 2 is 1.86 bits per heavy atom. The molecule has 0 aliphatic rings. The Morgan fingerprint density at radius 1 is 1.18 bits per heavy atom. The fraction of sp³-hybridized carbons (Fsp3) is 0.0625. The van der Waals surface area contributed by atoms with Crippen LogP contribution in [0.5, 0.6) is 0 Å². The van der Waals surface area contributed by atoms with Crippen molar-refractivity contribution in [3.8, 4) is 0 Å². The van der Waals surface area contributed by atoms with Gasteiger partial charge in [0.15, 0.2) is 5.84 Å². The summed E-state index contributed by atoms with van der Waals surface area (Å²) in [4.78, 5) is 22.2. The normalized spacial score (nSPS) is 11.0. The fourth-order valence-corrected chi connectivity index (χ4v) is 1.94. The molecule has 0 heterocycles. The number of nitrogens with zero attached hydrogens (tertiary/aromatic N) is 2. The van der Waals surface area contributed by atoms with Gasteiger partial charge in [-0.15, -0.1) is 5.10 Å². The second kappa shape index (κ2) is 6.53. The molecule has 112 valence electrons. The Morgan fingerprint density at radius 3 is 2.50 bits per heavy atom. The van der Waals surface area contributed by atoms with E-state index in [9.17, 15) is 9.59 Å². The summed E-state index contributed by atoms with van der Waals surface area (Å²) in [6.45, 7) is 1.85. The van der Waals surface area contributed by atoms with E-state index < -0.39 is 5.97 Å². The summed E-state index contributed by atoms with van der Waals surface area (Å²) in [6.07, 6.45) is 0.552. The minimum Gasteiger partial charge on any atom is -0.478 e. The van der Waals surface area contributed by atoms with Crippen molar-refractivity contribution in [3.63, 3.8) is 0 Å². The van der Waals surface area contributed by atoms with Crippen LogP contribution in [0.1, 0.15) is 21.5 Å². The molecule has 0 saturated carbocycles. The number of amides is 1. The van der Waals surface area contributed by atoms with Gasteiger partial charge in [0.25, 0.3) is 0 Å². The van der Waals surface area contributed by atoms with Crippen LogP contribution in [0.15, 0.2) is 53.6 Å². The standard InChI is InChI=1S/C16H15N3O3/c1-11-5-2-3-8-14(11)19(10-20)18-15(17)12-6-4-7-13(9-12)16(21)22/h2-10H,1H3,(H2,17,18)(H,21,22). The number of para-hydroxylation sites is 1. The summed E-state index contributed by atoms with van der Waals surface area (Å²) < 4.78 is 0. The number of benzene rings is 2. The SMILES string of the molecule is Cc1ccccc1N(C=O)/N=C(\N)c1cccc(C(=O)O)c1. The third kappa shape index (κ3) is 3.29. The molecule has 0 aliphatic carbocycles. The summed E-state index contributed by atoms with van der Waals surface area (Å²) >= 11 is 0. The van der Waals surface area contributed by atoms with E-state index in [4.69, 9.17) is 10.8 Å². The highest BCUT2D eigenvalue weighted by molar-refractivity contribution is 6.01. The summed E-state index contributed by atoms with van der Waals surface area (Å²) in [5, 5.41) is 14.2. The van der Waals surface area contributed by atoms with Crippen LogP contribution in [0.3, 0.4) is 0 Å². The zero-order chi connectivity index (χ0) is 16.1. The van der Waals surface area contributed by atoms with Crippen LogP contribution in [-0.2, 0) is 4.79 Å². The van der Waals surface area contributed by atoms with Crippen molar-refractivity contribution in [3.05, 3.63) is 65.2 Å². The highest BCUT2D eigenvalue weighted by Gasteiger charge is 2.10. The summed E-state index contributed by atoms with van der Waals surface area (Å²) in [5.74, 6) is -1.00. The van der Waals surface area contributed by atoms with E-state index in [0.717, 1.165) is 10.6 Å². The van der Waals surface area contributed by atoms with Crippen LogP contribution < -0.4 is 10.7 Å². The summed E-state index contributed by atoms with van der Waals surface area (Å²) in [7, 11) is 0. The van der Waals surface area contributed by atoms with Crippen molar-refractivity contribution in [1.82, 2.24) is 0 Å².